The Morgan fingerprint density at radius 2 is 2.00 bits per heavy atom. The van der Waals surface area contributed by atoms with Crippen molar-refractivity contribution in [3.8, 4) is 0 Å². The van der Waals surface area contributed by atoms with Crippen LogP contribution in [0.2, 0.25) is 0 Å². The summed E-state index contributed by atoms with van der Waals surface area (Å²) in [5.41, 5.74) is 5.07. The number of fused-ring (bicyclic) bond motifs is 1. The number of hydrogen-bond acceptors (Lipinski definition) is 3. The van der Waals surface area contributed by atoms with Gasteiger partial charge in [0.15, 0.2) is 0 Å². The van der Waals surface area contributed by atoms with Crippen LogP contribution in [-0.4, -0.2) is 12.5 Å². The molecule has 0 radical (unpaired) electrons. The largest absolute Gasteiger partial charge is 0.312 e. The van der Waals surface area contributed by atoms with Gasteiger partial charge in [0.25, 0.3) is 5.91 Å². The number of hydrazine groups is 1. The van der Waals surface area contributed by atoms with E-state index >= 15 is 0 Å². The molecule has 0 spiro atoms. The molecule has 2 aromatic rings. The first-order chi connectivity index (χ1) is 11.3. The van der Waals surface area contributed by atoms with E-state index in [4.69, 9.17) is 5.84 Å². The molecule has 0 atom stereocenters. The molecule has 0 bridgehead atoms. The molecule has 4 nitrogen and oxygen atoms in total. The molecule has 0 saturated carbocycles. The molecular formula is C19H22IN3O. The maximum absolute atomic E-state index is 12.7. The second-order valence-electron chi connectivity index (χ2n) is 6.97. The molecule has 3 rings (SSSR count). The molecule has 126 valence electrons. The maximum Gasteiger partial charge on any atom is 0.272 e. The number of nitrogens with zero attached hydrogens (tertiary/aromatic N) is 1. The van der Waals surface area contributed by atoms with E-state index < -0.39 is 0 Å². The third kappa shape index (κ3) is 3.20. The quantitative estimate of drug-likeness (QED) is 0.329. The zero-order chi connectivity index (χ0) is 17.5. The summed E-state index contributed by atoms with van der Waals surface area (Å²) in [4.78, 5) is 12.7. The summed E-state index contributed by atoms with van der Waals surface area (Å²) < 4.78 is 1.06. The fourth-order valence-electron chi connectivity index (χ4n) is 3.12. The van der Waals surface area contributed by atoms with Crippen molar-refractivity contribution in [2.45, 2.75) is 32.7 Å². The SMILES string of the molecule is Cc1ccc(C(=O)N(N)c2ccc3c(c2)CNCC3(C)C)cc1I. The van der Waals surface area contributed by atoms with Gasteiger partial charge in [-0.15, -0.1) is 0 Å². The van der Waals surface area contributed by atoms with Gasteiger partial charge in [-0.05, 0) is 70.5 Å². The average Bonchev–Trinajstić information content (AvgIpc) is 2.55. The number of aryl methyl sites for hydroxylation is 1. The van der Waals surface area contributed by atoms with E-state index in [0.717, 1.165) is 22.2 Å². The van der Waals surface area contributed by atoms with E-state index in [2.05, 4.69) is 47.8 Å². The molecule has 2 aromatic carbocycles. The van der Waals surface area contributed by atoms with E-state index in [9.17, 15) is 4.79 Å². The number of anilines is 1. The van der Waals surface area contributed by atoms with Crippen LogP contribution < -0.4 is 16.2 Å². The number of carbonyl (C=O) groups is 1. The smallest absolute Gasteiger partial charge is 0.272 e. The zero-order valence-electron chi connectivity index (χ0n) is 14.2. The van der Waals surface area contributed by atoms with Crippen LogP contribution in [0, 0.1) is 10.5 Å². The highest BCUT2D eigenvalue weighted by Crippen LogP contribution is 2.32. The highest BCUT2D eigenvalue weighted by atomic mass is 127. The number of carbonyl (C=O) groups excluding carboxylic acids is 1. The summed E-state index contributed by atoms with van der Waals surface area (Å²) in [7, 11) is 0. The molecule has 1 aliphatic rings. The van der Waals surface area contributed by atoms with E-state index in [1.165, 1.54) is 16.1 Å². The Morgan fingerprint density at radius 3 is 2.71 bits per heavy atom. The van der Waals surface area contributed by atoms with Gasteiger partial charge in [0.1, 0.15) is 0 Å². The number of amides is 1. The topological polar surface area (TPSA) is 58.4 Å². The van der Waals surface area contributed by atoms with Crippen molar-refractivity contribution in [2.75, 3.05) is 11.6 Å². The fraction of sp³-hybridized carbons (Fsp3) is 0.316. The second kappa shape index (κ2) is 6.46. The summed E-state index contributed by atoms with van der Waals surface area (Å²) in [5.74, 6) is 5.92. The number of nitrogens with two attached hydrogens (primary N) is 1. The molecule has 0 aliphatic carbocycles. The van der Waals surface area contributed by atoms with Crippen LogP contribution in [0.15, 0.2) is 36.4 Å². The average molecular weight is 435 g/mol. The van der Waals surface area contributed by atoms with Crippen LogP contribution in [0.5, 0.6) is 0 Å². The summed E-state index contributed by atoms with van der Waals surface area (Å²) in [5, 5.41) is 4.67. The van der Waals surface area contributed by atoms with Crippen molar-refractivity contribution in [1.29, 1.82) is 0 Å². The van der Waals surface area contributed by atoms with Gasteiger partial charge in [0.2, 0.25) is 0 Å². The molecule has 1 aliphatic heterocycles. The van der Waals surface area contributed by atoms with Crippen molar-refractivity contribution in [2.24, 2.45) is 5.84 Å². The fourth-order valence-corrected chi connectivity index (χ4v) is 3.64. The molecule has 3 N–H and O–H groups in total. The highest BCUT2D eigenvalue weighted by molar-refractivity contribution is 14.1. The van der Waals surface area contributed by atoms with Gasteiger partial charge >= 0.3 is 0 Å². The predicted molar refractivity (Wildman–Crippen MR) is 106 cm³/mol. The Kier molecular flexibility index (Phi) is 4.68. The van der Waals surface area contributed by atoms with Crippen LogP contribution in [0.4, 0.5) is 5.69 Å². The number of halogens is 1. The molecule has 0 fully saturated rings. The maximum atomic E-state index is 12.7. The molecule has 0 saturated heterocycles. The standard InChI is InChI=1S/C19H22IN3O/c1-12-4-5-13(9-17(12)20)18(24)23(21)15-6-7-16-14(8-15)10-22-11-19(16,2)3/h4-9,22H,10-11,21H2,1-3H3. The van der Waals surface area contributed by atoms with E-state index in [1.807, 2.05) is 37.3 Å². The predicted octanol–water partition coefficient (Wildman–Crippen LogP) is 3.50. The normalized spacial score (nSPS) is 15.7. The Balaban J connectivity index is 1.91. The summed E-state index contributed by atoms with van der Waals surface area (Å²) >= 11 is 2.23. The first kappa shape index (κ1) is 17.4. The lowest BCUT2D eigenvalue weighted by Crippen LogP contribution is -2.40. The van der Waals surface area contributed by atoms with Gasteiger partial charge < -0.3 is 5.32 Å². The Morgan fingerprint density at radius 1 is 1.25 bits per heavy atom. The first-order valence-electron chi connectivity index (χ1n) is 7.99. The van der Waals surface area contributed by atoms with Crippen molar-refractivity contribution >= 4 is 34.2 Å². The second-order valence-corrected chi connectivity index (χ2v) is 8.13. The number of nitrogens with one attached hydrogen (secondary N) is 1. The summed E-state index contributed by atoms with van der Waals surface area (Å²) in [6.45, 7) is 8.21. The van der Waals surface area contributed by atoms with Crippen molar-refractivity contribution in [1.82, 2.24) is 5.32 Å². The molecule has 0 aromatic heterocycles. The third-order valence-electron chi connectivity index (χ3n) is 4.62. The lowest BCUT2D eigenvalue weighted by molar-refractivity contribution is 0.0987. The monoisotopic (exact) mass is 435 g/mol. The molecule has 24 heavy (non-hydrogen) atoms. The minimum Gasteiger partial charge on any atom is -0.312 e. The van der Waals surface area contributed by atoms with Crippen LogP contribution >= 0.6 is 22.6 Å². The van der Waals surface area contributed by atoms with Crippen LogP contribution in [0.1, 0.15) is 40.9 Å². The van der Waals surface area contributed by atoms with Crippen LogP contribution in [0.25, 0.3) is 0 Å². The van der Waals surface area contributed by atoms with E-state index in [1.54, 1.807) is 0 Å². The molecule has 1 amide bonds. The third-order valence-corrected chi connectivity index (χ3v) is 5.78. The summed E-state index contributed by atoms with van der Waals surface area (Å²) in [6, 6.07) is 11.7. The van der Waals surface area contributed by atoms with Crippen LogP contribution in [-0.2, 0) is 12.0 Å². The van der Waals surface area contributed by atoms with Crippen molar-refractivity contribution < 1.29 is 4.79 Å². The zero-order valence-corrected chi connectivity index (χ0v) is 16.3. The van der Waals surface area contributed by atoms with Gasteiger partial charge in [-0.1, -0.05) is 26.0 Å². The lowest BCUT2D eigenvalue weighted by atomic mass is 9.79. The van der Waals surface area contributed by atoms with Gasteiger partial charge in [-0.2, -0.15) is 0 Å². The van der Waals surface area contributed by atoms with E-state index in [0.29, 0.717) is 11.3 Å². The van der Waals surface area contributed by atoms with Gasteiger partial charge in [-0.3, -0.25) is 4.79 Å². The number of benzene rings is 2. The molecule has 0 unspecified atom stereocenters. The highest BCUT2D eigenvalue weighted by Gasteiger charge is 2.28. The summed E-state index contributed by atoms with van der Waals surface area (Å²) in [6.07, 6.45) is 0. The van der Waals surface area contributed by atoms with Gasteiger partial charge in [0.05, 0.1) is 5.69 Å². The van der Waals surface area contributed by atoms with Gasteiger partial charge in [0, 0.05) is 27.6 Å². The van der Waals surface area contributed by atoms with Crippen molar-refractivity contribution in [3.05, 3.63) is 62.2 Å². The van der Waals surface area contributed by atoms with Gasteiger partial charge in [-0.25, -0.2) is 10.9 Å². The van der Waals surface area contributed by atoms with Crippen molar-refractivity contribution in [3.63, 3.8) is 0 Å². The Labute approximate surface area is 156 Å². The number of hydrogen-bond donors (Lipinski definition) is 2. The Hall–Kier alpha value is -1.44. The van der Waals surface area contributed by atoms with Crippen LogP contribution in [0.3, 0.4) is 0 Å². The molecule has 1 heterocycles. The number of rotatable bonds is 2. The molecule has 5 heteroatoms. The Bertz CT molecular complexity index is 801. The lowest BCUT2D eigenvalue weighted by Gasteiger charge is -2.34. The van der Waals surface area contributed by atoms with E-state index in [-0.39, 0.29) is 11.3 Å². The first-order valence-corrected chi connectivity index (χ1v) is 9.07. The minimum atomic E-state index is -0.198. The minimum absolute atomic E-state index is 0.0859. The molecular weight excluding hydrogens is 413 g/mol.